The first-order chi connectivity index (χ1) is 7.33. The van der Waals surface area contributed by atoms with Gasteiger partial charge in [0.05, 0.1) is 3.79 Å². The van der Waals surface area contributed by atoms with Gasteiger partial charge in [-0.1, -0.05) is 0 Å². The van der Waals surface area contributed by atoms with Crippen molar-refractivity contribution >= 4 is 27.3 Å². The summed E-state index contributed by atoms with van der Waals surface area (Å²) < 4.78 is 1.20. The molecule has 0 aromatic carbocycles. The van der Waals surface area contributed by atoms with E-state index in [4.69, 9.17) is 0 Å². The summed E-state index contributed by atoms with van der Waals surface area (Å²) in [6.07, 6.45) is 0. The Morgan fingerprint density at radius 3 is 2.50 bits per heavy atom. The van der Waals surface area contributed by atoms with Crippen molar-refractivity contribution in [3.63, 3.8) is 0 Å². The van der Waals surface area contributed by atoms with Crippen LogP contribution in [0.5, 0.6) is 0 Å². The maximum Gasteiger partial charge on any atom is 0.0701 e. The predicted octanol–water partition coefficient (Wildman–Crippen LogP) is 3.50. The molecular formula is C12H21BrN2S. The Morgan fingerprint density at radius 1 is 1.44 bits per heavy atom. The van der Waals surface area contributed by atoms with Crippen molar-refractivity contribution in [2.75, 3.05) is 20.6 Å². The van der Waals surface area contributed by atoms with Crippen molar-refractivity contribution < 1.29 is 0 Å². The van der Waals surface area contributed by atoms with Gasteiger partial charge in [0.15, 0.2) is 0 Å². The van der Waals surface area contributed by atoms with Gasteiger partial charge in [0, 0.05) is 23.0 Å². The fraction of sp³-hybridized carbons (Fsp3) is 0.667. The minimum absolute atomic E-state index is 0.183. The minimum Gasteiger partial charge on any atom is -0.308 e. The minimum atomic E-state index is 0.183. The molecule has 16 heavy (non-hydrogen) atoms. The highest BCUT2D eigenvalue weighted by molar-refractivity contribution is 9.11. The van der Waals surface area contributed by atoms with Crippen LogP contribution in [0.2, 0.25) is 0 Å². The fourth-order valence-corrected chi connectivity index (χ4v) is 2.67. The third kappa shape index (κ3) is 3.84. The van der Waals surface area contributed by atoms with Crippen molar-refractivity contribution in [3.8, 4) is 0 Å². The Balaban J connectivity index is 2.50. The van der Waals surface area contributed by atoms with Gasteiger partial charge in [0.2, 0.25) is 0 Å². The summed E-state index contributed by atoms with van der Waals surface area (Å²) in [6, 6.07) is 4.69. The summed E-state index contributed by atoms with van der Waals surface area (Å²) in [5, 5.41) is 3.58. The highest BCUT2D eigenvalue weighted by Gasteiger charge is 2.21. The molecule has 4 heteroatoms. The average Bonchev–Trinajstić information content (AvgIpc) is 2.61. The van der Waals surface area contributed by atoms with E-state index < -0.39 is 0 Å². The van der Waals surface area contributed by atoms with Crippen LogP contribution in [0, 0.1) is 0 Å². The summed E-state index contributed by atoms with van der Waals surface area (Å²) in [6.45, 7) is 7.69. The van der Waals surface area contributed by atoms with Crippen LogP contribution in [0.25, 0.3) is 0 Å². The van der Waals surface area contributed by atoms with Gasteiger partial charge < -0.3 is 10.2 Å². The number of nitrogens with one attached hydrogen (secondary N) is 1. The van der Waals surface area contributed by atoms with E-state index in [1.54, 1.807) is 11.3 Å². The van der Waals surface area contributed by atoms with Crippen molar-refractivity contribution in [2.24, 2.45) is 0 Å². The van der Waals surface area contributed by atoms with Gasteiger partial charge >= 0.3 is 0 Å². The number of rotatable bonds is 5. The van der Waals surface area contributed by atoms with Crippen LogP contribution in [-0.2, 0) is 0 Å². The molecule has 0 radical (unpaired) electrons. The summed E-state index contributed by atoms with van der Waals surface area (Å²) in [5.74, 6) is 0. The number of hydrogen-bond acceptors (Lipinski definition) is 3. The van der Waals surface area contributed by atoms with Gasteiger partial charge in [-0.3, -0.25) is 0 Å². The molecule has 1 aromatic heterocycles. The Bertz CT molecular complexity index is 334. The van der Waals surface area contributed by atoms with Crippen molar-refractivity contribution in [1.29, 1.82) is 0 Å². The Morgan fingerprint density at radius 2 is 2.06 bits per heavy atom. The van der Waals surface area contributed by atoms with Crippen molar-refractivity contribution in [2.45, 2.75) is 32.4 Å². The van der Waals surface area contributed by atoms with Gasteiger partial charge in [-0.25, -0.2) is 0 Å². The lowest BCUT2D eigenvalue weighted by Gasteiger charge is -2.33. The highest BCUT2D eigenvalue weighted by atomic mass is 79.9. The van der Waals surface area contributed by atoms with Gasteiger partial charge in [0.25, 0.3) is 0 Å². The second-order valence-corrected chi connectivity index (χ2v) is 7.45. The zero-order valence-corrected chi connectivity index (χ0v) is 13.1. The van der Waals surface area contributed by atoms with E-state index in [0.29, 0.717) is 6.04 Å². The molecule has 0 aliphatic heterocycles. The van der Waals surface area contributed by atoms with Crippen LogP contribution < -0.4 is 5.32 Å². The molecule has 1 unspecified atom stereocenters. The lowest BCUT2D eigenvalue weighted by molar-refractivity contribution is 0.185. The molecule has 1 N–H and O–H groups in total. The smallest absolute Gasteiger partial charge is 0.0701 e. The van der Waals surface area contributed by atoms with Crippen LogP contribution in [-0.4, -0.2) is 31.1 Å². The summed E-state index contributed by atoms with van der Waals surface area (Å²) >= 11 is 5.29. The standard InChI is InChI=1S/C12H21BrN2S/c1-9(10-6-7-11(13)16-10)14-8-12(2,3)15(4)5/h6-7,9,14H,8H2,1-5H3. The van der Waals surface area contributed by atoms with Crippen LogP contribution >= 0.6 is 27.3 Å². The maximum absolute atomic E-state index is 3.58. The zero-order chi connectivity index (χ0) is 12.3. The molecule has 0 saturated carbocycles. The maximum atomic E-state index is 3.58. The van der Waals surface area contributed by atoms with E-state index in [-0.39, 0.29) is 5.54 Å². The molecule has 92 valence electrons. The molecule has 2 nitrogen and oxygen atoms in total. The lowest BCUT2D eigenvalue weighted by Crippen LogP contribution is -2.47. The highest BCUT2D eigenvalue weighted by Crippen LogP contribution is 2.27. The molecule has 0 amide bonds. The van der Waals surface area contributed by atoms with E-state index in [1.807, 2.05) is 0 Å². The summed E-state index contributed by atoms with van der Waals surface area (Å²) in [7, 11) is 4.24. The molecule has 1 aromatic rings. The number of hydrogen-bond donors (Lipinski definition) is 1. The van der Waals surface area contributed by atoms with Crippen LogP contribution in [0.3, 0.4) is 0 Å². The van der Waals surface area contributed by atoms with E-state index in [2.05, 4.69) is 73.1 Å². The second kappa shape index (κ2) is 5.63. The first kappa shape index (κ1) is 14.2. The molecule has 0 fully saturated rings. The van der Waals surface area contributed by atoms with Crippen LogP contribution in [0.1, 0.15) is 31.7 Å². The molecule has 1 heterocycles. The van der Waals surface area contributed by atoms with E-state index >= 15 is 0 Å². The third-order valence-electron chi connectivity index (χ3n) is 3.07. The van der Waals surface area contributed by atoms with Crippen LogP contribution in [0.15, 0.2) is 15.9 Å². The average molecular weight is 305 g/mol. The summed E-state index contributed by atoms with van der Waals surface area (Å²) in [5.41, 5.74) is 0.183. The van der Waals surface area contributed by atoms with Gasteiger partial charge in [-0.2, -0.15) is 0 Å². The van der Waals surface area contributed by atoms with Crippen molar-refractivity contribution in [1.82, 2.24) is 10.2 Å². The quantitative estimate of drug-likeness (QED) is 0.895. The normalized spacial score (nSPS) is 14.4. The molecule has 0 spiro atoms. The SMILES string of the molecule is CC(NCC(C)(C)N(C)C)c1ccc(Br)s1. The molecule has 0 bridgehead atoms. The Hall–Kier alpha value is 0.1000. The number of halogens is 1. The topological polar surface area (TPSA) is 15.3 Å². The van der Waals surface area contributed by atoms with Gasteiger partial charge in [-0.15, -0.1) is 11.3 Å². The largest absolute Gasteiger partial charge is 0.308 e. The first-order valence-electron chi connectivity index (χ1n) is 5.49. The molecule has 1 rings (SSSR count). The Kier molecular flexibility index (Phi) is 4.98. The van der Waals surface area contributed by atoms with Crippen molar-refractivity contribution in [3.05, 3.63) is 20.8 Å². The summed E-state index contributed by atoms with van der Waals surface area (Å²) in [4.78, 5) is 3.62. The van der Waals surface area contributed by atoms with Crippen LogP contribution in [0.4, 0.5) is 0 Å². The third-order valence-corrected chi connectivity index (χ3v) is 4.88. The van der Waals surface area contributed by atoms with Gasteiger partial charge in [-0.05, 0) is 62.9 Å². The molecule has 0 aliphatic carbocycles. The van der Waals surface area contributed by atoms with E-state index in [9.17, 15) is 0 Å². The molecule has 0 aliphatic rings. The first-order valence-corrected chi connectivity index (χ1v) is 7.10. The lowest BCUT2D eigenvalue weighted by atomic mass is 10.0. The van der Waals surface area contributed by atoms with E-state index in [1.165, 1.54) is 8.66 Å². The predicted molar refractivity (Wildman–Crippen MR) is 76.2 cm³/mol. The van der Waals surface area contributed by atoms with E-state index in [0.717, 1.165) is 6.54 Å². The molecule has 1 atom stereocenters. The number of thiophene rings is 1. The van der Waals surface area contributed by atoms with Gasteiger partial charge in [0.1, 0.15) is 0 Å². The monoisotopic (exact) mass is 304 g/mol. The molecular weight excluding hydrogens is 284 g/mol. The second-order valence-electron chi connectivity index (χ2n) is 4.95. The number of nitrogens with zero attached hydrogens (tertiary/aromatic N) is 1. The zero-order valence-electron chi connectivity index (χ0n) is 10.7. The molecule has 0 saturated heterocycles. The number of likely N-dealkylation sites (N-methyl/N-ethyl adjacent to an activating group) is 1. The Labute approximate surface area is 111 Å². The fourth-order valence-electron chi connectivity index (χ4n) is 1.22.